The molecule has 1 saturated heterocycles. The lowest BCUT2D eigenvalue weighted by atomic mass is 9.78. The Bertz CT molecular complexity index is 1190. The Kier molecular flexibility index (Phi) is 8.29. The number of carbonyl (C=O) groups is 1. The van der Waals surface area contributed by atoms with E-state index in [1.54, 1.807) is 31.3 Å². The average Bonchev–Trinajstić information content (AvgIpc) is 3.14. The Hall–Kier alpha value is -3.15. The van der Waals surface area contributed by atoms with Crippen LogP contribution >= 0.6 is 0 Å². The van der Waals surface area contributed by atoms with Gasteiger partial charge in [-0.3, -0.25) is 9.80 Å². The van der Waals surface area contributed by atoms with Crippen molar-refractivity contribution in [1.29, 1.82) is 0 Å². The molecular weight excluding hydrogens is 497 g/mol. The highest BCUT2D eigenvalue weighted by molar-refractivity contribution is 6.10. The fourth-order valence-electron chi connectivity index (χ4n) is 4.65. The van der Waals surface area contributed by atoms with Crippen LogP contribution in [0.3, 0.4) is 0 Å². The summed E-state index contributed by atoms with van der Waals surface area (Å²) < 4.78 is 46.6. The van der Waals surface area contributed by atoms with Crippen molar-refractivity contribution in [3.8, 4) is 0 Å². The van der Waals surface area contributed by atoms with Crippen LogP contribution in [0, 0.1) is 0 Å². The minimum absolute atomic E-state index is 0.00686. The number of anilines is 1. The van der Waals surface area contributed by atoms with E-state index in [1.165, 1.54) is 22.4 Å². The molecule has 0 bridgehead atoms. The maximum atomic E-state index is 14.0. The quantitative estimate of drug-likeness (QED) is 0.225. The highest BCUT2D eigenvalue weighted by atomic mass is 19.4. The number of hydrogen-bond donors (Lipinski definition) is 3. The molecule has 2 fully saturated rings. The average molecular weight is 533 g/mol. The fraction of sp³-hybridized carbons (Fsp3) is 0.481. The first-order chi connectivity index (χ1) is 18.0. The van der Waals surface area contributed by atoms with Crippen molar-refractivity contribution in [3.05, 3.63) is 64.2 Å². The van der Waals surface area contributed by atoms with Crippen LogP contribution in [-0.2, 0) is 30.4 Å². The minimum atomic E-state index is -4.56. The standard InChI is InChI=1S/C24H29F3N6O.C3H6O/c1-23(7-4-8-23)30-13-16-10-18-19(20(11-16)24(25,26)27)14-33(22(18)34)17-6-3-5-15(9-17)12-21(31-28)32(2)29;1-2-4-3-1/h3,5-6,9-11,30H,4,7-8,12-14,28-29H2,1-2H3;1-3H2/b31-21-;. The van der Waals surface area contributed by atoms with E-state index in [0.717, 1.165) is 38.0 Å². The number of fused-ring (bicyclic) bond motifs is 1. The molecule has 8 nitrogen and oxygen atoms in total. The summed E-state index contributed by atoms with van der Waals surface area (Å²) in [6.07, 6.45) is 0.118. The van der Waals surface area contributed by atoms with Gasteiger partial charge < -0.3 is 20.8 Å². The van der Waals surface area contributed by atoms with Gasteiger partial charge in [0.25, 0.3) is 5.91 Å². The predicted molar refractivity (Wildman–Crippen MR) is 140 cm³/mol. The summed E-state index contributed by atoms with van der Waals surface area (Å²) in [6.45, 7) is 4.20. The Morgan fingerprint density at radius 3 is 2.39 bits per heavy atom. The van der Waals surface area contributed by atoms with Crippen molar-refractivity contribution >= 4 is 17.4 Å². The third kappa shape index (κ3) is 6.28. The Balaban J connectivity index is 0.000000768. The molecule has 0 radical (unpaired) electrons. The maximum absolute atomic E-state index is 14.0. The summed E-state index contributed by atoms with van der Waals surface area (Å²) in [5, 5.41) is 8.30. The van der Waals surface area contributed by atoms with Gasteiger partial charge in [0.1, 0.15) is 5.84 Å². The van der Waals surface area contributed by atoms with Gasteiger partial charge in [0.15, 0.2) is 0 Å². The first-order valence-electron chi connectivity index (χ1n) is 12.7. The largest absolute Gasteiger partial charge is 0.416 e. The van der Waals surface area contributed by atoms with Crippen molar-refractivity contribution in [2.75, 3.05) is 25.2 Å². The van der Waals surface area contributed by atoms with Gasteiger partial charge in [-0.15, -0.1) is 0 Å². The first kappa shape index (κ1) is 27.9. The number of ether oxygens (including phenoxy) is 1. The van der Waals surface area contributed by atoms with Crippen LogP contribution in [-0.4, -0.2) is 42.6 Å². The Morgan fingerprint density at radius 2 is 1.87 bits per heavy atom. The topological polar surface area (TPSA) is 109 Å². The zero-order valence-electron chi connectivity index (χ0n) is 21.8. The van der Waals surface area contributed by atoms with Crippen molar-refractivity contribution in [2.24, 2.45) is 16.8 Å². The molecule has 5 rings (SSSR count). The summed E-state index contributed by atoms with van der Waals surface area (Å²) in [7, 11) is 1.60. The molecular formula is C27H35F3N6O2. The molecule has 1 amide bonds. The van der Waals surface area contributed by atoms with E-state index < -0.39 is 17.6 Å². The van der Waals surface area contributed by atoms with Crippen LogP contribution in [0.15, 0.2) is 41.5 Å². The lowest BCUT2D eigenvalue weighted by molar-refractivity contribution is -0.138. The van der Waals surface area contributed by atoms with Gasteiger partial charge in [0.2, 0.25) is 0 Å². The molecule has 3 aliphatic rings. The smallest absolute Gasteiger partial charge is 0.381 e. The molecule has 5 N–H and O–H groups in total. The maximum Gasteiger partial charge on any atom is 0.416 e. The van der Waals surface area contributed by atoms with Gasteiger partial charge in [0, 0.05) is 50.0 Å². The predicted octanol–water partition coefficient (Wildman–Crippen LogP) is 3.92. The number of hydrogen-bond acceptors (Lipinski definition) is 6. The molecule has 0 aromatic heterocycles. The van der Waals surface area contributed by atoms with Gasteiger partial charge >= 0.3 is 6.18 Å². The molecule has 1 aliphatic carbocycles. The van der Waals surface area contributed by atoms with E-state index in [4.69, 9.17) is 16.4 Å². The molecule has 2 aromatic rings. The molecule has 1 saturated carbocycles. The zero-order valence-corrected chi connectivity index (χ0v) is 21.8. The van der Waals surface area contributed by atoms with Crippen molar-refractivity contribution in [1.82, 2.24) is 10.3 Å². The van der Waals surface area contributed by atoms with Crippen molar-refractivity contribution in [2.45, 2.75) is 63.8 Å². The number of amidine groups is 1. The van der Waals surface area contributed by atoms with Crippen LogP contribution in [0.5, 0.6) is 0 Å². The van der Waals surface area contributed by atoms with E-state index in [2.05, 4.69) is 17.3 Å². The molecule has 38 heavy (non-hydrogen) atoms. The number of likely N-dealkylation sites (N-methyl/N-ethyl adjacent to an activating group) is 1. The second-order valence-corrected chi connectivity index (χ2v) is 10.3. The number of alkyl halides is 3. The minimum Gasteiger partial charge on any atom is -0.381 e. The number of rotatable bonds is 6. The summed E-state index contributed by atoms with van der Waals surface area (Å²) in [5.41, 5.74) is 1.03. The molecule has 2 heterocycles. The van der Waals surface area contributed by atoms with Crippen LogP contribution in [0.4, 0.5) is 18.9 Å². The number of benzene rings is 2. The molecule has 2 aromatic carbocycles. The molecule has 0 atom stereocenters. The normalized spacial score (nSPS) is 18.2. The van der Waals surface area contributed by atoms with E-state index in [9.17, 15) is 18.0 Å². The number of carbonyl (C=O) groups excluding carboxylic acids is 1. The summed E-state index contributed by atoms with van der Waals surface area (Å²) in [4.78, 5) is 14.6. The number of hydrazone groups is 1. The molecule has 11 heteroatoms. The number of nitrogens with two attached hydrogens (primary N) is 2. The molecule has 0 unspecified atom stereocenters. The highest BCUT2D eigenvalue weighted by Gasteiger charge is 2.41. The zero-order chi connectivity index (χ0) is 27.5. The van der Waals surface area contributed by atoms with Gasteiger partial charge in [-0.25, -0.2) is 5.84 Å². The van der Waals surface area contributed by atoms with Gasteiger partial charge in [-0.1, -0.05) is 12.1 Å². The van der Waals surface area contributed by atoms with E-state index >= 15 is 0 Å². The summed E-state index contributed by atoms with van der Waals surface area (Å²) in [5.74, 6) is 11.1. The number of hydrazine groups is 1. The van der Waals surface area contributed by atoms with Crippen molar-refractivity contribution < 1.29 is 22.7 Å². The second-order valence-electron chi connectivity index (χ2n) is 10.3. The molecule has 2 aliphatic heterocycles. The SMILES string of the molecule is C1COC1.CN(N)/C(Cc1cccc(N2Cc3c(cc(CNC4(C)CCC4)cc3C(F)(F)F)C2=O)c1)=N\N. The summed E-state index contributed by atoms with van der Waals surface area (Å²) >= 11 is 0. The van der Waals surface area contributed by atoms with Crippen LogP contribution in [0.2, 0.25) is 0 Å². The van der Waals surface area contributed by atoms with Crippen molar-refractivity contribution in [3.63, 3.8) is 0 Å². The van der Waals surface area contributed by atoms with E-state index in [1.807, 2.05) is 6.07 Å². The monoisotopic (exact) mass is 532 g/mol. The van der Waals surface area contributed by atoms with E-state index in [-0.39, 0.29) is 29.8 Å². The lowest BCUT2D eigenvalue weighted by Crippen LogP contribution is -2.47. The summed E-state index contributed by atoms with van der Waals surface area (Å²) in [6, 6.07) is 9.76. The second kappa shape index (κ2) is 11.3. The van der Waals surface area contributed by atoms with Gasteiger partial charge in [-0.05, 0) is 73.6 Å². The highest BCUT2D eigenvalue weighted by Crippen LogP contribution is 2.40. The third-order valence-electron chi connectivity index (χ3n) is 7.30. The number of nitrogens with zero attached hydrogens (tertiary/aromatic N) is 3. The fourth-order valence-corrected chi connectivity index (χ4v) is 4.65. The first-order valence-corrected chi connectivity index (χ1v) is 12.7. The van der Waals surface area contributed by atoms with Crippen LogP contribution in [0.25, 0.3) is 0 Å². The van der Waals surface area contributed by atoms with Crippen LogP contribution < -0.4 is 21.9 Å². The number of amides is 1. The van der Waals surface area contributed by atoms with Crippen LogP contribution in [0.1, 0.15) is 65.2 Å². The van der Waals surface area contributed by atoms with Gasteiger partial charge in [0.05, 0.1) is 12.1 Å². The Morgan fingerprint density at radius 1 is 1.18 bits per heavy atom. The molecule has 206 valence electrons. The lowest BCUT2D eigenvalue weighted by Gasteiger charge is -2.39. The van der Waals surface area contributed by atoms with Gasteiger partial charge in [-0.2, -0.15) is 18.3 Å². The number of nitrogens with one attached hydrogen (secondary N) is 1. The third-order valence-corrected chi connectivity index (χ3v) is 7.30. The van der Waals surface area contributed by atoms with E-state index in [0.29, 0.717) is 23.5 Å². The Labute approximate surface area is 220 Å². The number of halogens is 3. The molecule has 0 spiro atoms.